The van der Waals surface area contributed by atoms with Crippen LogP contribution in [0.5, 0.6) is 0 Å². The van der Waals surface area contributed by atoms with E-state index in [9.17, 15) is 4.79 Å². The van der Waals surface area contributed by atoms with Gasteiger partial charge >= 0.3 is 0 Å². The molecule has 0 radical (unpaired) electrons. The molecule has 0 heterocycles. The van der Waals surface area contributed by atoms with Crippen molar-refractivity contribution in [3.63, 3.8) is 0 Å². The molecule has 0 aromatic rings. The van der Waals surface area contributed by atoms with E-state index < -0.39 is 0 Å². The summed E-state index contributed by atoms with van der Waals surface area (Å²) in [6.45, 7) is 11.4. The Balaban J connectivity index is 3.82. The zero-order valence-electron chi connectivity index (χ0n) is 11.5. The second-order valence-corrected chi connectivity index (χ2v) is 3.54. The second kappa shape index (κ2) is 10.5. The molecule has 0 saturated heterocycles. The van der Waals surface area contributed by atoms with Crippen molar-refractivity contribution in [2.24, 2.45) is 0 Å². The Hall–Kier alpha value is -0.650. The summed E-state index contributed by atoms with van der Waals surface area (Å²) < 4.78 is 10.7. The minimum Gasteiger partial charge on any atom is -0.352 e. The van der Waals surface area contributed by atoms with E-state index in [1.165, 1.54) is 0 Å². The lowest BCUT2D eigenvalue weighted by Gasteiger charge is -2.21. The molecule has 0 aromatic carbocycles. The van der Waals surface area contributed by atoms with Crippen LogP contribution in [-0.2, 0) is 14.3 Å². The monoisotopic (exact) mass is 246 g/mol. The van der Waals surface area contributed by atoms with E-state index in [1.807, 2.05) is 27.7 Å². The van der Waals surface area contributed by atoms with E-state index in [2.05, 4.69) is 5.32 Å². The number of hydrogen-bond acceptors (Lipinski definition) is 4. The van der Waals surface area contributed by atoms with Gasteiger partial charge in [-0.05, 0) is 27.7 Å². The molecule has 0 fully saturated rings. The first kappa shape index (κ1) is 16.4. The number of carbonyl (C=O) groups excluding carboxylic acids is 1. The molecule has 0 aromatic heterocycles. The third-order valence-corrected chi connectivity index (χ3v) is 2.41. The van der Waals surface area contributed by atoms with Crippen molar-refractivity contribution in [1.82, 2.24) is 10.2 Å². The van der Waals surface area contributed by atoms with Crippen molar-refractivity contribution in [3.8, 4) is 0 Å². The number of nitrogens with one attached hydrogen (secondary N) is 1. The zero-order chi connectivity index (χ0) is 13.1. The Labute approximate surface area is 104 Å². The molecule has 102 valence electrons. The summed E-state index contributed by atoms with van der Waals surface area (Å²) in [6, 6.07) is 0. The van der Waals surface area contributed by atoms with Gasteiger partial charge in [0.2, 0.25) is 5.91 Å². The maximum Gasteiger partial charge on any atom is 0.236 e. The van der Waals surface area contributed by atoms with Crippen LogP contribution in [0, 0.1) is 0 Å². The van der Waals surface area contributed by atoms with Crippen LogP contribution in [0.3, 0.4) is 0 Å². The van der Waals surface area contributed by atoms with E-state index in [1.54, 1.807) is 4.90 Å². The van der Waals surface area contributed by atoms with Crippen LogP contribution in [0.1, 0.15) is 27.7 Å². The summed E-state index contributed by atoms with van der Waals surface area (Å²) in [5.41, 5.74) is 0. The Morgan fingerprint density at radius 2 is 1.65 bits per heavy atom. The van der Waals surface area contributed by atoms with Gasteiger partial charge in [0.1, 0.15) is 0 Å². The van der Waals surface area contributed by atoms with Gasteiger partial charge in [-0.3, -0.25) is 4.79 Å². The van der Waals surface area contributed by atoms with Gasteiger partial charge in [-0.15, -0.1) is 0 Å². The smallest absolute Gasteiger partial charge is 0.236 e. The molecule has 1 N–H and O–H groups in total. The Morgan fingerprint density at radius 3 is 2.06 bits per heavy atom. The molecule has 1 amide bonds. The molecule has 5 heteroatoms. The number of hydrogen-bond donors (Lipinski definition) is 1. The van der Waals surface area contributed by atoms with Crippen LogP contribution in [-0.4, -0.2) is 56.5 Å². The van der Waals surface area contributed by atoms with Crippen LogP contribution in [0.25, 0.3) is 0 Å². The third-order valence-electron chi connectivity index (χ3n) is 2.41. The molecular weight excluding hydrogens is 220 g/mol. The van der Waals surface area contributed by atoms with Gasteiger partial charge in [0, 0.05) is 32.8 Å². The average Bonchev–Trinajstić information content (AvgIpc) is 2.31. The SMILES string of the molecule is CCOC(CNCC(=O)N(CC)CC)OCC. The summed E-state index contributed by atoms with van der Waals surface area (Å²) in [4.78, 5) is 13.5. The lowest BCUT2D eigenvalue weighted by atomic mass is 10.4. The maximum absolute atomic E-state index is 11.7. The van der Waals surface area contributed by atoms with Gasteiger partial charge in [-0.2, -0.15) is 0 Å². The third kappa shape index (κ3) is 7.31. The standard InChI is InChI=1S/C12H26N2O3/c1-5-14(6-2)11(15)9-13-10-12(16-7-3)17-8-4/h12-13H,5-10H2,1-4H3. The molecule has 0 aliphatic heterocycles. The highest BCUT2D eigenvalue weighted by molar-refractivity contribution is 5.78. The van der Waals surface area contributed by atoms with Gasteiger partial charge in [0.15, 0.2) is 6.29 Å². The lowest BCUT2D eigenvalue weighted by Crippen LogP contribution is -2.41. The average molecular weight is 246 g/mol. The molecule has 0 atom stereocenters. The number of rotatable bonds is 10. The highest BCUT2D eigenvalue weighted by Gasteiger charge is 2.11. The predicted octanol–water partition coefficient (Wildman–Crippen LogP) is 0.844. The molecule has 0 spiro atoms. The first-order valence-electron chi connectivity index (χ1n) is 6.41. The highest BCUT2D eigenvalue weighted by atomic mass is 16.7. The van der Waals surface area contributed by atoms with E-state index in [4.69, 9.17) is 9.47 Å². The highest BCUT2D eigenvalue weighted by Crippen LogP contribution is 1.93. The Bertz CT molecular complexity index is 190. The van der Waals surface area contributed by atoms with E-state index in [0.29, 0.717) is 26.3 Å². The largest absolute Gasteiger partial charge is 0.352 e. The quantitative estimate of drug-likeness (QED) is 0.580. The zero-order valence-corrected chi connectivity index (χ0v) is 11.5. The van der Waals surface area contributed by atoms with Crippen molar-refractivity contribution in [2.45, 2.75) is 34.0 Å². The summed E-state index contributed by atoms with van der Waals surface area (Å²) in [5, 5.41) is 3.06. The summed E-state index contributed by atoms with van der Waals surface area (Å²) in [7, 11) is 0. The van der Waals surface area contributed by atoms with Crippen LogP contribution in [0.15, 0.2) is 0 Å². The van der Waals surface area contributed by atoms with E-state index in [-0.39, 0.29) is 12.2 Å². The Morgan fingerprint density at radius 1 is 1.12 bits per heavy atom. The second-order valence-electron chi connectivity index (χ2n) is 3.54. The number of likely N-dealkylation sites (N-methyl/N-ethyl adjacent to an activating group) is 1. The van der Waals surface area contributed by atoms with Crippen molar-refractivity contribution >= 4 is 5.91 Å². The molecule has 0 rings (SSSR count). The molecule has 0 saturated carbocycles. The lowest BCUT2D eigenvalue weighted by molar-refractivity contribution is -0.136. The van der Waals surface area contributed by atoms with Gasteiger partial charge in [0.25, 0.3) is 0 Å². The van der Waals surface area contributed by atoms with E-state index >= 15 is 0 Å². The first-order valence-corrected chi connectivity index (χ1v) is 6.41. The number of amides is 1. The first-order chi connectivity index (χ1) is 8.19. The molecule has 0 bridgehead atoms. The van der Waals surface area contributed by atoms with Crippen LogP contribution >= 0.6 is 0 Å². The fourth-order valence-electron chi connectivity index (χ4n) is 1.52. The Kier molecular flexibility index (Phi) is 10.1. The minimum atomic E-state index is -0.269. The van der Waals surface area contributed by atoms with Crippen molar-refractivity contribution in [1.29, 1.82) is 0 Å². The fraction of sp³-hybridized carbons (Fsp3) is 0.917. The summed E-state index contributed by atoms with van der Waals surface area (Å²) >= 11 is 0. The molecule has 5 nitrogen and oxygen atoms in total. The van der Waals surface area contributed by atoms with Crippen LogP contribution in [0.4, 0.5) is 0 Å². The number of ether oxygens (including phenoxy) is 2. The molecule has 0 aliphatic rings. The molecule has 0 aliphatic carbocycles. The van der Waals surface area contributed by atoms with Gasteiger partial charge in [-0.1, -0.05) is 0 Å². The molecule has 17 heavy (non-hydrogen) atoms. The normalized spacial score (nSPS) is 10.9. The van der Waals surface area contributed by atoms with Gasteiger partial charge in [-0.25, -0.2) is 0 Å². The van der Waals surface area contributed by atoms with Crippen molar-refractivity contribution < 1.29 is 14.3 Å². The van der Waals surface area contributed by atoms with Crippen LogP contribution in [0.2, 0.25) is 0 Å². The summed E-state index contributed by atoms with van der Waals surface area (Å²) in [5.74, 6) is 0.113. The van der Waals surface area contributed by atoms with Crippen molar-refractivity contribution in [2.75, 3.05) is 39.4 Å². The molecule has 0 unspecified atom stereocenters. The van der Waals surface area contributed by atoms with E-state index in [0.717, 1.165) is 13.1 Å². The molecular formula is C12H26N2O3. The van der Waals surface area contributed by atoms with Gasteiger partial charge < -0.3 is 19.7 Å². The minimum absolute atomic E-state index is 0.113. The summed E-state index contributed by atoms with van der Waals surface area (Å²) in [6.07, 6.45) is -0.269. The topological polar surface area (TPSA) is 50.8 Å². The van der Waals surface area contributed by atoms with Crippen LogP contribution < -0.4 is 5.32 Å². The predicted molar refractivity (Wildman–Crippen MR) is 67.8 cm³/mol. The maximum atomic E-state index is 11.7. The van der Waals surface area contributed by atoms with Crippen molar-refractivity contribution in [3.05, 3.63) is 0 Å². The van der Waals surface area contributed by atoms with Gasteiger partial charge in [0.05, 0.1) is 6.54 Å². The fourth-order valence-corrected chi connectivity index (χ4v) is 1.52. The number of nitrogens with zero attached hydrogens (tertiary/aromatic N) is 1. The number of carbonyl (C=O) groups is 1.